The van der Waals surface area contributed by atoms with Crippen LogP contribution in [0.3, 0.4) is 0 Å². The predicted molar refractivity (Wildman–Crippen MR) is 103 cm³/mol. The van der Waals surface area contributed by atoms with Gasteiger partial charge in [0.2, 0.25) is 10.0 Å². The van der Waals surface area contributed by atoms with Crippen LogP contribution in [0.4, 0.5) is 5.69 Å². The Labute approximate surface area is 166 Å². The maximum Gasteiger partial charge on any atom is 0.336 e. The molecule has 0 aliphatic carbocycles. The third-order valence-corrected chi connectivity index (χ3v) is 7.50. The maximum atomic E-state index is 12.9. The summed E-state index contributed by atoms with van der Waals surface area (Å²) in [6, 6.07) is 9.45. The molecule has 0 unspecified atom stereocenters. The molecule has 10 heteroatoms. The van der Waals surface area contributed by atoms with E-state index in [-0.39, 0.29) is 41.8 Å². The molecule has 27 heavy (non-hydrogen) atoms. The number of benzene rings is 2. The molecule has 144 valence electrons. The zero-order valence-electron chi connectivity index (χ0n) is 14.1. The van der Waals surface area contributed by atoms with Gasteiger partial charge in [0.05, 0.1) is 23.8 Å². The van der Waals surface area contributed by atoms with Crippen molar-refractivity contribution in [1.29, 1.82) is 0 Å². The molecule has 3 N–H and O–H groups in total. The molecule has 1 aliphatic heterocycles. The number of nitrogens with two attached hydrogens (primary N) is 1. The standard InChI is InChI=1S/C17H17ClN2O5S2/c18-12-10-15(26-14-4-2-1-3-13(14)19)11(17(21)22)9-16(12)27(23,24)20-5-7-25-8-6-20/h1-4,9-10H,5-8,19H2,(H,21,22). The monoisotopic (exact) mass is 428 g/mol. The summed E-state index contributed by atoms with van der Waals surface area (Å²) in [7, 11) is -3.92. The molecule has 2 aromatic rings. The van der Waals surface area contributed by atoms with E-state index in [1.54, 1.807) is 24.3 Å². The number of anilines is 1. The highest BCUT2D eigenvalue weighted by Gasteiger charge is 2.30. The van der Waals surface area contributed by atoms with E-state index in [4.69, 9.17) is 22.1 Å². The van der Waals surface area contributed by atoms with Gasteiger partial charge in [0.15, 0.2) is 0 Å². The Morgan fingerprint density at radius 1 is 1.19 bits per heavy atom. The van der Waals surface area contributed by atoms with Crippen LogP contribution >= 0.6 is 23.4 Å². The molecule has 0 atom stereocenters. The van der Waals surface area contributed by atoms with E-state index in [0.717, 1.165) is 17.8 Å². The number of carbonyl (C=O) groups is 1. The highest BCUT2D eigenvalue weighted by Crippen LogP contribution is 2.38. The largest absolute Gasteiger partial charge is 0.478 e. The number of para-hydroxylation sites is 1. The van der Waals surface area contributed by atoms with Crippen molar-refractivity contribution >= 4 is 45.0 Å². The van der Waals surface area contributed by atoms with E-state index in [0.29, 0.717) is 15.5 Å². The lowest BCUT2D eigenvalue weighted by atomic mass is 10.2. The highest BCUT2D eigenvalue weighted by atomic mass is 35.5. The topological polar surface area (TPSA) is 110 Å². The van der Waals surface area contributed by atoms with Crippen molar-refractivity contribution in [1.82, 2.24) is 4.31 Å². The quantitative estimate of drug-likeness (QED) is 0.704. The van der Waals surface area contributed by atoms with E-state index in [2.05, 4.69) is 0 Å². The van der Waals surface area contributed by atoms with Gasteiger partial charge in [-0.15, -0.1) is 0 Å². The first-order valence-electron chi connectivity index (χ1n) is 7.98. The number of morpholine rings is 1. The van der Waals surface area contributed by atoms with Crippen LogP contribution in [-0.4, -0.2) is 50.1 Å². The zero-order valence-corrected chi connectivity index (χ0v) is 16.5. The number of nitrogen functional groups attached to an aromatic ring is 1. The summed E-state index contributed by atoms with van der Waals surface area (Å²) >= 11 is 7.36. The Balaban J connectivity index is 2.04. The molecule has 0 bridgehead atoms. The summed E-state index contributed by atoms with van der Waals surface area (Å²) < 4.78 is 32.2. The fourth-order valence-electron chi connectivity index (χ4n) is 2.60. The number of hydrogen-bond acceptors (Lipinski definition) is 6. The minimum absolute atomic E-state index is 0.0384. The summed E-state index contributed by atoms with van der Waals surface area (Å²) in [6.45, 7) is 0.948. The van der Waals surface area contributed by atoms with Gasteiger partial charge in [-0.1, -0.05) is 35.5 Å². The van der Waals surface area contributed by atoms with Crippen LogP contribution in [-0.2, 0) is 14.8 Å². The van der Waals surface area contributed by atoms with Gasteiger partial charge < -0.3 is 15.6 Å². The van der Waals surface area contributed by atoms with Gasteiger partial charge >= 0.3 is 5.97 Å². The zero-order chi connectivity index (χ0) is 19.6. The van der Waals surface area contributed by atoms with Gasteiger partial charge in [-0.2, -0.15) is 4.31 Å². The minimum Gasteiger partial charge on any atom is -0.478 e. The predicted octanol–water partition coefficient (Wildman–Crippen LogP) is 2.79. The molecule has 2 aromatic carbocycles. The molecule has 1 heterocycles. The lowest BCUT2D eigenvalue weighted by molar-refractivity contribution is 0.0692. The molecule has 7 nitrogen and oxygen atoms in total. The Hall–Kier alpha value is -1.78. The van der Waals surface area contributed by atoms with Gasteiger partial charge in [-0.05, 0) is 24.3 Å². The average molecular weight is 429 g/mol. The van der Waals surface area contributed by atoms with Crippen LogP contribution in [0.25, 0.3) is 0 Å². The van der Waals surface area contributed by atoms with Crippen molar-refractivity contribution in [3.05, 3.63) is 47.0 Å². The van der Waals surface area contributed by atoms with Gasteiger partial charge in [0.1, 0.15) is 4.90 Å². The number of nitrogens with zero attached hydrogens (tertiary/aromatic N) is 1. The fraction of sp³-hybridized carbons (Fsp3) is 0.235. The lowest BCUT2D eigenvalue weighted by Gasteiger charge is -2.26. The minimum atomic E-state index is -3.92. The number of rotatable bonds is 5. The van der Waals surface area contributed by atoms with Crippen molar-refractivity contribution in [3.8, 4) is 0 Å². The first kappa shape index (κ1) is 20.0. The number of sulfonamides is 1. The van der Waals surface area contributed by atoms with E-state index in [9.17, 15) is 18.3 Å². The maximum absolute atomic E-state index is 12.9. The molecule has 1 fully saturated rings. The molecule has 1 saturated heterocycles. The fourth-order valence-corrected chi connectivity index (χ4v) is 5.61. The number of carboxylic acid groups (broad SMARTS) is 1. The third kappa shape index (κ3) is 4.22. The smallest absolute Gasteiger partial charge is 0.336 e. The van der Waals surface area contributed by atoms with Crippen molar-refractivity contribution in [2.24, 2.45) is 0 Å². The van der Waals surface area contributed by atoms with Crippen LogP contribution < -0.4 is 5.73 Å². The van der Waals surface area contributed by atoms with Crippen LogP contribution in [0, 0.1) is 0 Å². The van der Waals surface area contributed by atoms with Crippen molar-refractivity contribution in [2.45, 2.75) is 14.7 Å². The van der Waals surface area contributed by atoms with E-state index >= 15 is 0 Å². The van der Waals surface area contributed by atoms with Crippen LogP contribution in [0.15, 0.2) is 51.1 Å². The summed E-state index contributed by atoms with van der Waals surface area (Å²) in [5.74, 6) is -1.25. The Morgan fingerprint density at radius 3 is 2.48 bits per heavy atom. The van der Waals surface area contributed by atoms with Crippen molar-refractivity contribution in [3.63, 3.8) is 0 Å². The molecule has 0 aromatic heterocycles. The lowest BCUT2D eigenvalue weighted by Crippen LogP contribution is -2.40. The van der Waals surface area contributed by atoms with Gasteiger partial charge in [0.25, 0.3) is 0 Å². The number of carboxylic acids is 1. The number of aromatic carboxylic acids is 1. The van der Waals surface area contributed by atoms with Crippen molar-refractivity contribution < 1.29 is 23.1 Å². The van der Waals surface area contributed by atoms with Crippen LogP contribution in [0.1, 0.15) is 10.4 Å². The molecule has 0 spiro atoms. The highest BCUT2D eigenvalue weighted by molar-refractivity contribution is 7.99. The van der Waals surface area contributed by atoms with E-state index < -0.39 is 16.0 Å². The van der Waals surface area contributed by atoms with Gasteiger partial charge in [0, 0.05) is 28.6 Å². The second-order valence-electron chi connectivity index (χ2n) is 5.74. The SMILES string of the molecule is Nc1ccccc1Sc1cc(Cl)c(S(=O)(=O)N2CCOCC2)cc1C(=O)O. The van der Waals surface area contributed by atoms with Gasteiger partial charge in [-0.3, -0.25) is 0 Å². The Kier molecular flexibility index (Phi) is 5.97. The number of halogens is 1. The molecule has 0 amide bonds. The van der Waals surface area contributed by atoms with Crippen LogP contribution in [0.2, 0.25) is 5.02 Å². The van der Waals surface area contributed by atoms with E-state index in [1.165, 1.54) is 10.4 Å². The normalized spacial score (nSPS) is 15.6. The average Bonchev–Trinajstić information content (AvgIpc) is 2.64. The number of ether oxygens (including phenoxy) is 1. The van der Waals surface area contributed by atoms with Crippen molar-refractivity contribution in [2.75, 3.05) is 32.0 Å². The Morgan fingerprint density at radius 2 is 1.85 bits per heavy atom. The second-order valence-corrected chi connectivity index (χ2v) is 9.14. The number of hydrogen-bond donors (Lipinski definition) is 2. The molecular formula is C17H17ClN2O5S2. The summed E-state index contributed by atoms with van der Waals surface area (Å²) in [4.78, 5) is 12.5. The first-order chi connectivity index (χ1) is 12.8. The van der Waals surface area contributed by atoms with Gasteiger partial charge in [-0.25, -0.2) is 13.2 Å². The molecule has 0 saturated carbocycles. The molecule has 0 radical (unpaired) electrons. The summed E-state index contributed by atoms with van der Waals surface area (Å²) in [5, 5.41) is 9.55. The Bertz CT molecular complexity index is 975. The summed E-state index contributed by atoms with van der Waals surface area (Å²) in [5.41, 5.74) is 6.25. The van der Waals surface area contributed by atoms with Crippen LogP contribution in [0.5, 0.6) is 0 Å². The molecule has 1 aliphatic rings. The second kappa shape index (κ2) is 8.07. The third-order valence-electron chi connectivity index (χ3n) is 3.99. The summed E-state index contributed by atoms with van der Waals surface area (Å²) in [6.07, 6.45) is 0. The van der Waals surface area contributed by atoms with E-state index in [1.807, 2.05) is 0 Å². The molecular weight excluding hydrogens is 412 g/mol. The first-order valence-corrected chi connectivity index (χ1v) is 10.6. The molecule has 3 rings (SSSR count).